The standard InChI is InChI=1S/C16H15NO3/c1-11-3-2-4-13(9-11)16(19)12-5-7-14(8-6-12)20-10-15(17)18/h2-9H,10H2,1H3,(H2,17,18). The second-order valence-electron chi connectivity index (χ2n) is 4.48. The topological polar surface area (TPSA) is 69.4 Å². The average Bonchev–Trinajstić information content (AvgIpc) is 2.45. The van der Waals surface area contributed by atoms with E-state index in [4.69, 9.17) is 10.5 Å². The molecule has 0 saturated heterocycles. The van der Waals surface area contributed by atoms with E-state index in [-0.39, 0.29) is 12.4 Å². The van der Waals surface area contributed by atoms with E-state index in [1.807, 2.05) is 25.1 Å². The Morgan fingerprint density at radius 2 is 1.75 bits per heavy atom. The fraction of sp³-hybridized carbons (Fsp3) is 0.125. The van der Waals surface area contributed by atoms with Crippen LogP contribution < -0.4 is 10.5 Å². The highest BCUT2D eigenvalue weighted by molar-refractivity contribution is 6.09. The molecule has 2 rings (SSSR count). The Kier molecular flexibility index (Phi) is 4.15. The van der Waals surface area contributed by atoms with Crippen molar-refractivity contribution in [2.24, 2.45) is 5.73 Å². The van der Waals surface area contributed by atoms with Gasteiger partial charge in [0.15, 0.2) is 12.4 Å². The minimum absolute atomic E-state index is 0.0462. The van der Waals surface area contributed by atoms with Crippen LogP contribution in [-0.4, -0.2) is 18.3 Å². The fourth-order valence-corrected chi connectivity index (χ4v) is 1.81. The molecule has 0 atom stereocenters. The molecule has 1 amide bonds. The number of ether oxygens (including phenoxy) is 1. The average molecular weight is 269 g/mol. The van der Waals surface area contributed by atoms with Crippen molar-refractivity contribution in [1.29, 1.82) is 0 Å². The van der Waals surface area contributed by atoms with Crippen LogP contribution in [0, 0.1) is 6.92 Å². The molecule has 0 bridgehead atoms. The van der Waals surface area contributed by atoms with E-state index in [1.165, 1.54) is 0 Å². The molecule has 0 spiro atoms. The molecule has 0 aromatic heterocycles. The van der Waals surface area contributed by atoms with Crippen molar-refractivity contribution in [1.82, 2.24) is 0 Å². The number of primary amides is 1. The number of carbonyl (C=O) groups excluding carboxylic acids is 2. The summed E-state index contributed by atoms with van der Waals surface area (Å²) in [7, 11) is 0. The van der Waals surface area contributed by atoms with Crippen molar-refractivity contribution in [2.45, 2.75) is 6.92 Å². The summed E-state index contributed by atoms with van der Waals surface area (Å²) < 4.78 is 5.14. The van der Waals surface area contributed by atoms with Gasteiger partial charge in [-0.1, -0.05) is 23.8 Å². The van der Waals surface area contributed by atoms with E-state index >= 15 is 0 Å². The first-order valence-corrected chi connectivity index (χ1v) is 6.19. The number of hydrogen-bond acceptors (Lipinski definition) is 3. The molecule has 0 radical (unpaired) electrons. The summed E-state index contributed by atoms with van der Waals surface area (Å²) in [6, 6.07) is 14.1. The van der Waals surface area contributed by atoms with E-state index in [9.17, 15) is 9.59 Å². The molecule has 0 saturated carbocycles. The van der Waals surface area contributed by atoms with Crippen molar-refractivity contribution in [3.8, 4) is 5.75 Å². The molecule has 20 heavy (non-hydrogen) atoms. The van der Waals surface area contributed by atoms with Gasteiger partial charge in [0.05, 0.1) is 0 Å². The lowest BCUT2D eigenvalue weighted by molar-refractivity contribution is -0.119. The third-order valence-electron chi connectivity index (χ3n) is 2.78. The molecule has 2 N–H and O–H groups in total. The lowest BCUT2D eigenvalue weighted by Gasteiger charge is -2.05. The van der Waals surface area contributed by atoms with E-state index in [2.05, 4.69) is 0 Å². The molecule has 102 valence electrons. The molecule has 0 aliphatic carbocycles. The molecule has 0 aliphatic heterocycles. The van der Waals surface area contributed by atoms with Crippen LogP contribution in [-0.2, 0) is 4.79 Å². The number of aryl methyl sites for hydroxylation is 1. The first kappa shape index (κ1) is 13.8. The normalized spacial score (nSPS) is 10.1. The zero-order valence-corrected chi connectivity index (χ0v) is 11.1. The van der Waals surface area contributed by atoms with Crippen LogP contribution >= 0.6 is 0 Å². The van der Waals surface area contributed by atoms with E-state index in [0.717, 1.165) is 5.56 Å². The van der Waals surface area contributed by atoms with Gasteiger partial charge in [0.1, 0.15) is 5.75 Å². The van der Waals surface area contributed by atoms with Crippen LogP contribution in [0.25, 0.3) is 0 Å². The monoisotopic (exact) mass is 269 g/mol. The molecule has 2 aromatic rings. The van der Waals surface area contributed by atoms with Crippen LogP contribution in [0.1, 0.15) is 21.5 Å². The largest absolute Gasteiger partial charge is 0.484 e. The van der Waals surface area contributed by atoms with Crippen LogP contribution in [0.2, 0.25) is 0 Å². The maximum absolute atomic E-state index is 12.3. The molecule has 4 nitrogen and oxygen atoms in total. The fourth-order valence-electron chi connectivity index (χ4n) is 1.81. The number of carbonyl (C=O) groups is 2. The Morgan fingerprint density at radius 3 is 2.35 bits per heavy atom. The van der Waals surface area contributed by atoms with Crippen LogP contribution in [0.4, 0.5) is 0 Å². The van der Waals surface area contributed by atoms with E-state index in [1.54, 1.807) is 30.3 Å². The van der Waals surface area contributed by atoms with E-state index in [0.29, 0.717) is 16.9 Å². The van der Waals surface area contributed by atoms with E-state index < -0.39 is 5.91 Å². The number of ketones is 1. The minimum Gasteiger partial charge on any atom is -0.484 e. The number of nitrogens with two attached hydrogens (primary N) is 1. The third kappa shape index (κ3) is 3.45. The van der Waals surface area contributed by atoms with Gasteiger partial charge in [0.25, 0.3) is 5.91 Å². The summed E-state index contributed by atoms with van der Waals surface area (Å²) in [6.07, 6.45) is 0. The Bertz CT molecular complexity index is 632. The SMILES string of the molecule is Cc1cccc(C(=O)c2ccc(OCC(N)=O)cc2)c1. The third-order valence-corrected chi connectivity index (χ3v) is 2.78. The number of rotatable bonds is 5. The first-order valence-electron chi connectivity index (χ1n) is 6.19. The Balaban J connectivity index is 2.13. The summed E-state index contributed by atoms with van der Waals surface area (Å²) in [5.41, 5.74) is 7.25. The van der Waals surface area contributed by atoms with Crippen molar-refractivity contribution in [2.75, 3.05) is 6.61 Å². The number of amides is 1. The van der Waals surface area contributed by atoms with Crippen molar-refractivity contribution in [3.05, 3.63) is 65.2 Å². The Labute approximate surface area is 117 Å². The zero-order valence-electron chi connectivity index (χ0n) is 11.1. The van der Waals surface area contributed by atoms with Crippen molar-refractivity contribution >= 4 is 11.7 Å². The van der Waals surface area contributed by atoms with Gasteiger partial charge in [-0.3, -0.25) is 9.59 Å². The van der Waals surface area contributed by atoms with Crippen LogP contribution in [0.15, 0.2) is 48.5 Å². The molecule has 0 unspecified atom stereocenters. The maximum atomic E-state index is 12.3. The highest BCUT2D eigenvalue weighted by Crippen LogP contribution is 2.16. The molecule has 2 aromatic carbocycles. The summed E-state index contributed by atoms with van der Waals surface area (Å²) in [5.74, 6) is -0.0790. The second-order valence-corrected chi connectivity index (χ2v) is 4.48. The van der Waals surface area contributed by atoms with Gasteiger partial charge in [0, 0.05) is 11.1 Å². The highest BCUT2D eigenvalue weighted by atomic mass is 16.5. The Hall–Kier alpha value is -2.62. The number of benzene rings is 2. The van der Waals surface area contributed by atoms with Crippen LogP contribution in [0.3, 0.4) is 0 Å². The quantitative estimate of drug-likeness (QED) is 0.845. The van der Waals surface area contributed by atoms with Gasteiger partial charge in [0.2, 0.25) is 0 Å². The summed E-state index contributed by atoms with van der Waals surface area (Å²) >= 11 is 0. The molecule has 0 heterocycles. The smallest absolute Gasteiger partial charge is 0.255 e. The highest BCUT2D eigenvalue weighted by Gasteiger charge is 2.09. The molecular formula is C16H15NO3. The minimum atomic E-state index is -0.537. The summed E-state index contributed by atoms with van der Waals surface area (Å²) in [6.45, 7) is 1.77. The second kappa shape index (κ2) is 6.02. The van der Waals surface area contributed by atoms with Gasteiger partial charge in [-0.25, -0.2) is 0 Å². The van der Waals surface area contributed by atoms with Gasteiger partial charge in [-0.05, 0) is 37.3 Å². The predicted octanol–water partition coefficient (Wildman–Crippen LogP) is 2.09. The summed E-state index contributed by atoms with van der Waals surface area (Å²) in [5, 5.41) is 0. The van der Waals surface area contributed by atoms with Gasteiger partial charge in [-0.2, -0.15) is 0 Å². The number of hydrogen-bond donors (Lipinski definition) is 1. The summed E-state index contributed by atoms with van der Waals surface area (Å²) in [4.78, 5) is 22.9. The lowest BCUT2D eigenvalue weighted by atomic mass is 10.0. The first-order chi connectivity index (χ1) is 9.56. The van der Waals surface area contributed by atoms with Gasteiger partial charge >= 0.3 is 0 Å². The maximum Gasteiger partial charge on any atom is 0.255 e. The Morgan fingerprint density at radius 1 is 1.05 bits per heavy atom. The molecular weight excluding hydrogens is 254 g/mol. The van der Waals surface area contributed by atoms with Crippen molar-refractivity contribution < 1.29 is 14.3 Å². The lowest BCUT2D eigenvalue weighted by Crippen LogP contribution is -2.20. The molecule has 0 aliphatic rings. The molecule has 4 heteroatoms. The molecule has 0 fully saturated rings. The van der Waals surface area contributed by atoms with Gasteiger partial charge < -0.3 is 10.5 Å². The predicted molar refractivity (Wildman–Crippen MR) is 75.7 cm³/mol. The van der Waals surface area contributed by atoms with Crippen LogP contribution in [0.5, 0.6) is 5.75 Å². The zero-order chi connectivity index (χ0) is 14.5. The van der Waals surface area contributed by atoms with Crippen molar-refractivity contribution in [3.63, 3.8) is 0 Å². The van der Waals surface area contributed by atoms with Gasteiger partial charge in [-0.15, -0.1) is 0 Å².